The van der Waals surface area contributed by atoms with Gasteiger partial charge in [0.1, 0.15) is 33.8 Å². The van der Waals surface area contributed by atoms with Gasteiger partial charge in [-0.15, -0.1) is 0 Å². The van der Waals surface area contributed by atoms with E-state index in [0.717, 1.165) is 117 Å². The lowest BCUT2D eigenvalue weighted by Gasteiger charge is -2.14. The maximum absolute atomic E-state index is 5.62. The predicted molar refractivity (Wildman–Crippen MR) is 245 cm³/mol. The van der Waals surface area contributed by atoms with Crippen LogP contribution in [0.25, 0.3) is 99.5 Å². The van der Waals surface area contributed by atoms with Gasteiger partial charge in [0.05, 0.1) is 21.3 Å². The van der Waals surface area contributed by atoms with Crippen molar-refractivity contribution in [1.29, 1.82) is 0 Å². The Morgan fingerprint density at radius 2 is 0.550 bits per heavy atom. The number of rotatable bonds is 9. The van der Waals surface area contributed by atoms with Gasteiger partial charge in [0, 0.05) is 34.7 Å². The van der Waals surface area contributed by atoms with E-state index in [-0.39, 0.29) is 0 Å². The van der Waals surface area contributed by atoms with Crippen LogP contribution < -0.4 is 14.2 Å². The van der Waals surface area contributed by atoms with E-state index < -0.39 is 0 Å². The molecule has 0 N–H and O–H groups in total. The summed E-state index contributed by atoms with van der Waals surface area (Å²) in [6, 6.07) is 57.8. The van der Waals surface area contributed by atoms with Crippen molar-refractivity contribution in [2.45, 2.75) is 0 Å². The van der Waals surface area contributed by atoms with Crippen LogP contribution in [0.2, 0.25) is 0 Å². The van der Waals surface area contributed by atoms with Gasteiger partial charge in [-0.25, -0.2) is 0 Å². The lowest BCUT2D eigenvalue weighted by molar-refractivity contribution is 0.419. The van der Waals surface area contributed by atoms with Gasteiger partial charge < -0.3 is 14.2 Å². The molecule has 3 heterocycles. The fourth-order valence-corrected chi connectivity index (χ4v) is 8.34. The van der Waals surface area contributed by atoms with Crippen molar-refractivity contribution in [3.63, 3.8) is 0 Å². The molecule has 0 fully saturated rings. The molecule has 3 aromatic heterocycles. The summed E-state index contributed by atoms with van der Waals surface area (Å²) in [6.45, 7) is 0. The molecular formula is C54H39N3O3. The van der Waals surface area contributed by atoms with E-state index in [9.17, 15) is 0 Å². The lowest BCUT2D eigenvalue weighted by Crippen LogP contribution is -1.91. The highest BCUT2D eigenvalue weighted by Crippen LogP contribution is 2.40. The SMILES string of the molecule is COc1ccc(-c2ccc(-c3cc(-c4ccc(-c5ccc(OC)c6ncccc56)cc4)cc(-c4ccc(-c5ccc(OC)c6ncccc56)cc4)c3)cc2)c2cccnc12. The molecule has 0 saturated heterocycles. The molecule has 0 radical (unpaired) electrons. The van der Waals surface area contributed by atoms with Crippen LogP contribution in [0.3, 0.4) is 0 Å². The van der Waals surface area contributed by atoms with Gasteiger partial charge >= 0.3 is 0 Å². The molecule has 10 rings (SSSR count). The topological polar surface area (TPSA) is 66.4 Å². The van der Waals surface area contributed by atoms with Crippen molar-refractivity contribution < 1.29 is 14.2 Å². The molecule has 6 heteroatoms. The number of fused-ring (bicyclic) bond motifs is 3. The number of hydrogen-bond donors (Lipinski definition) is 0. The van der Waals surface area contributed by atoms with Crippen LogP contribution in [0.5, 0.6) is 17.2 Å². The van der Waals surface area contributed by atoms with Gasteiger partial charge in [0.2, 0.25) is 0 Å². The Balaban J connectivity index is 1.05. The van der Waals surface area contributed by atoms with E-state index in [0.29, 0.717) is 0 Å². The smallest absolute Gasteiger partial charge is 0.145 e. The molecule has 0 bridgehead atoms. The van der Waals surface area contributed by atoms with E-state index in [1.54, 1.807) is 39.9 Å². The molecule has 0 aliphatic carbocycles. The largest absolute Gasteiger partial charge is 0.494 e. The van der Waals surface area contributed by atoms with Gasteiger partial charge in [-0.2, -0.15) is 0 Å². The Morgan fingerprint density at radius 1 is 0.283 bits per heavy atom. The second kappa shape index (κ2) is 15.5. The van der Waals surface area contributed by atoms with E-state index in [4.69, 9.17) is 14.2 Å². The first kappa shape index (κ1) is 36.5. The van der Waals surface area contributed by atoms with Crippen molar-refractivity contribution in [1.82, 2.24) is 15.0 Å². The third-order valence-electron chi connectivity index (χ3n) is 11.4. The number of methoxy groups -OCH3 is 3. The third kappa shape index (κ3) is 6.54. The van der Waals surface area contributed by atoms with Crippen LogP contribution >= 0.6 is 0 Å². The number of benzene rings is 7. The minimum absolute atomic E-state index is 0.764. The minimum Gasteiger partial charge on any atom is -0.494 e. The second-order valence-corrected chi connectivity index (χ2v) is 14.7. The summed E-state index contributed by atoms with van der Waals surface area (Å²) in [7, 11) is 5.05. The molecule has 0 saturated carbocycles. The number of ether oxygens (including phenoxy) is 3. The predicted octanol–water partition coefficient (Wildman–Crippen LogP) is 13.4. The van der Waals surface area contributed by atoms with E-state index in [1.165, 1.54) is 0 Å². The van der Waals surface area contributed by atoms with Gasteiger partial charge in [0.25, 0.3) is 0 Å². The summed E-state index contributed by atoms with van der Waals surface area (Å²) in [6.07, 6.45) is 5.42. The zero-order valence-corrected chi connectivity index (χ0v) is 33.4. The molecule has 0 aliphatic rings. The zero-order chi connectivity index (χ0) is 40.6. The number of hydrogen-bond acceptors (Lipinski definition) is 6. The highest BCUT2D eigenvalue weighted by atomic mass is 16.5. The number of aromatic nitrogens is 3. The van der Waals surface area contributed by atoms with Crippen molar-refractivity contribution in [3.8, 4) is 84.0 Å². The van der Waals surface area contributed by atoms with Crippen molar-refractivity contribution in [3.05, 3.63) is 182 Å². The van der Waals surface area contributed by atoms with Crippen molar-refractivity contribution in [2.75, 3.05) is 21.3 Å². The van der Waals surface area contributed by atoms with Crippen LogP contribution in [0.15, 0.2) is 182 Å². The molecular weight excluding hydrogens is 739 g/mol. The Kier molecular flexibility index (Phi) is 9.43. The fraction of sp³-hybridized carbons (Fsp3) is 0.0556. The van der Waals surface area contributed by atoms with E-state index in [2.05, 4.69) is 142 Å². The first-order valence-electron chi connectivity index (χ1n) is 19.8. The normalized spacial score (nSPS) is 11.2. The van der Waals surface area contributed by atoms with E-state index in [1.807, 2.05) is 36.4 Å². The summed E-state index contributed by atoms with van der Waals surface area (Å²) in [5.74, 6) is 2.29. The van der Waals surface area contributed by atoms with Crippen LogP contribution in [-0.4, -0.2) is 36.3 Å². The third-order valence-corrected chi connectivity index (χ3v) is 11.4. The Labute approximate surface area is 348 Å². The first-order valence-corrected chi connectivity index (χ1v) is 19.8. The summed E-state index contributed by atoms with van der Waals surface area (Å²) in [4.78, 5) is 13.9. The quantitative estimate of drug-likeness (QED) is 0.145. The summed E-state index contributed by atoms with van der Waals surface area (Å²) >= 11 is 0. The molecule has 10 aromatic rings. The summed E-state index contributed by atoms with van der Waals surface area (Å²) < 4.78 is 16.9. The Hall–Kier alpha value is -7.83. The average Bonchev–Trinajstić information content (AvgIpc) is 3.33. The number of pyridine rings is 3. The van der Waals surface area contributed by atoms with Crippen molar-refractivity contribution in [2.24, 2.45) is 0 Å². The van der Waals surface area contributed by atoms with Crippen molar-refractivity contribution >= 4 is 32.7 Å². The molecule has 0 atom stereocenters. The van der Waals surface area contributed by atoms with Crippen LogP contribution in [0.1, 0.15) is 0 Å². The zero-order valence-electron chi connectivity index (χ0n) is 33.4. The van der Waals surface area contributed by atoms with Gasteiger partial charge in [-0.3, -0.25) is 15.0 Å². The van der Waals surface area contributed by atoms with Crippen LogP contribution in [-0.2, 0) is 0 Å². The molecule has 60 heavy (non-hydrogen) atoms. The Morgan fingerprint density at radius 3 is 0.817 bits per heavy atom. The first-order chi connectivity index (χ1) is 29.6. The fourth-order valence-electron chi connectivity index (χ4n) is 8.34. The second-order valence-electron chi connectivity index (χ2n) is 14.7. The molecule has 0 amide bonds. The van der Waals surface area contributed by atoms with Gasteiger partial charge in [-0.05, 0) is 140 Å². The molecule has 6 nitrogen and oxygen atoms in total. The average molecular weight is 778 g/mol. The maximum atomic E-state index is 5.62. The standard InChI is InChI=1S/C54H39N3O3/c1-58-49-25-22-43(46-7-4-28-55-52(46)49)37-16-10-34(11-17-37)40-31-41(35-12-18-38(19-13-35)44-23-26-50(59-2)53-47(44)8-5-29-56-53)33-42(32-40)36-14-20-39(21-15-36)45-24-27-51(60-3)54-48(45)9-6-30-57-54/h4-33H,1-3H3. The highest BCUT2D eigenvalue weighted by molar-refractivity contribution is 6.00. The molecule has 0 spiro atoms. The number of nitrogens with zero attached hydrogens (tertiary/aromatic N) is 3. The van der Waals surface area contributed by atoms with Gasteiger partial charge in [-0.1, -0.05) is 91.0 Å². The molecule has 0 unspecified atom stereocenters. The lowest BCUT2D eigenvalue weighted by atomic mass is 9.91. The molecule has 0 aliphatic heterocycles. The van der Waals surface area contributed by atoms with Gasteiger partial charge in [0.15, 0.2) is 0 Å². The Bertz CT molecular complexity index is 2840. The molecule has 7 aromatic carbocycles. The van der Waals surface area contributed by atoms with Crippen LogP contribution in [0, 0.1) is 0 Å². The minimum atomic E-state index is 0.764. The molecule has 288 valence electrons. The monoisotopic (exact) mass is 777 g/mol. The van der Waals surface area contributed by atoms with Crippen LogP contribution in [0.4, 0.5) is 0 Å². The maximum Gasteiger partial charge on any atom is 0.145 e. The highest BCUT2D eigenvalue weighted by Gasteiger charge is 2.15. The summed E-state index contributed by atoms with van der Waals surface area (Å²) in [5.41, 5.74) is 16.0. The van der Waals surface area contributed by atoms with E-state index >= 15 is 0 Å². The summed E-state index contributed by atoms with van der Waals surface area (Å²) in [5, 5.41) is 3.16.